The van der Waals surface area contributed by atoms with Gasteiger partial charge in [0.1, 0.15) is 0 Å². The number of carbonyl (C=O) groups excluding carboxylic acids is 1. The van der Waals surface area contributed by atoms with Crippen molar-refractivity contribution in [1.82, 2.24) is 5.32 Å². The molecule has 118 valence electrons. The van der Waals surface area contributed by atoms with E-state index < -0.39 is 5.54 Å². The molecule has 0 heterocycles. The Balaban J connectivity index is 2.85. The molecule has 0 aromatic heterocycles. The zero-order valence-electron chi connectivity index (χ0n) is 13.4. The Morgan fingerprint density at radius 1 is 1.19 bits per heavy atom. The van der Waals surface area contributed by atoms with Gasteiger partial charge in [-0.3, -0.25) is 5.32 Å². The third-order valence-corrected chi connectivity index (χ3v) is 3.53. The van der Waals surface area contributed by atoms with Gasteiger partial charge < -0.3 is 9.47 Å². The van der Waals surface area contributed by atoms with Crippen molar-refractivity contribution in [2.75, 3.05) is 26.9 Å². The minimum absolute atomic E-state index is 0.274. The van der Waals surface area contributed by atoms with Gasteiger partial charge in [0.25, 0.3) is 0 Å². The maximum Gasteiger partial charge on any atom is 0.333 e. The molecule has 4 nitrogen and oxygen atoms in total. The van der Waals surface area contributed by atoms with Crippen molar-refractivity contribution in [3.63, 3.8) is 0 Å². The molecule has 0 spiro atoms. The lowest BCUT2D eigenvalue weighted by molar-refractivity contribution is -0.154. The van der Waals surface area contributed by atoms with Gasteiger partial charge in [-0.2, -0.15) is 0 Å². The Kier molecular flexibility index (Phi) is 8.01. The SMILES string of the molecule is CCCCCOCC(NC)(C(=O)OCC)c1ccccc1. The number of nitrogens with one attached hydrogen (secondary N) is 1. The van der Waals surface area contributed by atoms with Crippen molar-refractivity contribution >= 4 is 5.97 Å². The third kappa shape index (κ3) is 4.83. The predicted octanol–water partition coefficient (Wildman–Crippen LogP) is 2.87. The topological polar surface area (TPSA) is 47.6 Å². The van der Waals surface area contributed by atoms with E-state index >= 15 is 0 Å². The highest BCUT2D eigenvalue weighted by atomic mass is 16.5. The lowest BCUT2D eigenvalue weighted by Crippen LogP contribution is -2.52. The molecule has 0 bridgehead atoms. The number of unbranched alkanes of at least 4 members (excludes halogenated alkanes) is 2. The van der Waals surface area contributed by atoms with Crippen LogP contribution in [0.2, 0.25) is 0 Å². The summed E-state index contributed by atoms with van der Waals surface area (Å²) in [6, 6.07) is 9.60. The van der Waals surface area contributed by atoms with Crippen LogP contribution in [0.1, 0.15) is 38.7 Å². The first-order valence-corrected chi connectivity index (χ1v) is 7.70. The Hall–Kier alpha value is -1.39. The van der Waals surface area contributed by atoms with Crippen molar-refractivity contribution in [3.05, 3.63) is 35.9 Å². The highest BCUT2D eigenvalue weighted by Crippen LogP contribution is 2.23. The van der Waals surface area contributed by atoms with Crippen molar-refractivity contribution < 1.29 is 14.3 Å². The van der Waals surface area contributed by atoms with Crippen LogP contribution >= 0.6 is 0 Å². The second kappa shape index (κ2) is 9.53. The summed E-state index contributed by atoms with van der Waals surface area (Å²) in [5.74, 6) is -0.297. The minimum atomic E-state index is -0.941. The molecular weight excluding hydrogens is 266 g/mol. The fourth-order valence-electron chi connectivity index (χ4n) is 2.24. The summed E-state index contributed by atoms with van der Waals surface area (Å²) in [6.45, 7) is 5.25. The molecule has 0 saturated carbocycles. The van der Waals surface area contributed by atoms with E-state index in [-0.39, 0.29) is 12.6 Å². The van der Waals surface area contributed by atoms with Crippen LogP contribution in [0.3, 0.4) is 0 Å². The van der Waals surface area contributed by atoms with Gasteiger partial charge in [-0.05, 0) is 26.0 Å². The summed E-state index contributed by atoms with van der Waals surface area (Å²) in [4.78, 5) is 12.5. The maximum atomic E-state index is 12.5. The zero-order valence-corrected chi connectivity index (χ0v) is 13.4. The number of esters is 1. The van der Waals surface area contributed by atoms with Crippen molar-refractivity contribution in [2.24, 2.45) is 0 Å². The average molecular weight is 293 g/mol. The summed E-state index contributed by atoms with van der Waals surface area (Å²) in [7, 11) is 1.76. The van der Waals surface area contributed by atoms with Crippen LogP contribution in [0.4, 0.5) is 0 Å². The summed E-state index contributed by atoms with van der Waals surface area (Å²) < 4.78 is 11.0. The summed E-state index contributed by atoms with van der Waals surface area (Å²) in [5, 5.41) is 3.11. The lowest BCUT2D eigenvalue weighted by atomic mass is 9.91. The van der Waals surface area contributed by atoms with Gasteiger partial charge >= 0.3 is 5.97 Å². The number of ether oxygens (including phenoxy) is 2. The molecule has 0 aliphatic carbocycles. The molecule has 1 N–H and O–H groups in total. The molecular formula is C17H27NO3. The summed E-state index contributed by atoms with van der Waals surface area (Å²) in [5.41, 5.74) is -0.0785. The Morgan fingerprint density at radius 3 is 2.48 bits per heavy atom. The van der Waals surface area contributed by atoms with Crippen LogP contribution < -0.4 is 5.32 Å². The summed E-state index contributed by atoms with van der Waals surface area (Å²) in [6.07, 6.45) is 3.29. The van der Waals surface area contributed by atoms with Crippen LogP contribution in [0.5, 0.6) is 0 Å². The molecule has 1 aromatic rings. The van der Waals surface area contributed by atoms with Crippen molar-refractivity contribution in [2.45, 2.75) is 38.6 Å². The predicted molar refractivity (Wildman–Crippen MR) is 84.2 cm³/mol. The van der Waals surface area contributed by atoms with E-state index in [0.29, 0.717) is 13.2 Å². The Morgan fingerprint density at radius 2 is 1.90 bits per heavy atom. The summed E-state index contributed by atoms with van der Waals surface area (Å²) >= 11 is 0. The molecule has 0 radical (unpaired) electrons. The van der Waals surface area contributed by atoms with Crippen LogP contribution in [-0.2, 0) is 19.8 Å². The number of hydrogen-bond donors (Lipinski definition) is 1. The monoisotopic (exact) mass is 293 g/mol. The molecule has 1 rings (SSSR count). The van der Waals surface area contributed by atoms with Crippen LogP contribution in [0, 0.1) is 0 Å². The molecule has 4 heteroatoms. The van der Waals surface area contributed by atoms with E-state index in [1.807, 2.05) is 37.3 Å². The normalized spacial score (nSPS) is 13.7. The Labute approximate surface area is 127 Å². The van der Waals surface area contributed by atoms with E-state index in [1.54, 1.807) is 7.05 Å². The molecule has 1 unspecified atom stereocenters. The third-order valence-electron chi connectivity index (χ3n) is 3.53. The van der Waals surface area contributed by atoms with Gasteiger partial charge in [0.2, 0.25) is 0 Å². The molecule has 1 atom stereocenters. The number of carbonyl (C=O) groups is 1. The molecule has 0 amide bonds. The van der Waals surface area contributed by atoms with Crippen molar-refractivity contribution in [1.29, 1.82) is 0 Å². The number of rotatable bonds is 10. The quantitative estimate of drug-likeness (QED) is 0.532. The highest BCUT2D eigenvalue weighted by Gasteiger charge is 2.40. The fraction of sp³-hybridized carbons (Fsp3) is 0.588. The molecule has 0 aliphatic heterocycles. The molecule has 0 fully saturated rings. The molecule has 1 aromatic carbocycles. The van der Waals surface area contributed by atoms with Gasteiger partial charge in [-0.1, -0.05) is 50.1 Å². The molecule has 0 saturated heterocycles. The molecule has 21 heavy (non-hydrogen) atoms. The van der Waals surface area contributed by atoms with E-state index in [2.05, 4.69) is 12.2 Å². The largest absolute Gasteiger partial charge is 0.464 e. The first-order valence-electron chi connectivity index (χ1n) is 7.70. The van der Waals surface area contributed by atoms with Crippen LogP contribution in [0.15, 0.2) is 30.3 Å². The van der Waals surface area contributed by atoms with Crippen molar-refractivity contribution in [3.8, 4) is 0 Å². The fourth-order valence-corrected chi connectivity index (χ4v) is 2.24. The maximum absolute atomic E-state index is 12.5. The van der Waals surface area contributed by atoms with Crippen LogP contribution in [-0.4, -0.2) is 32.8 Å². The first-order chi connectivity index (χ1) is 10.2. The van der Waals surface area contributed by atoms with E-state index in [1.165, 1.54) is 0 Å². The lowest BCUT2D eigenvalue weighted by Gasteiger charge is -2.31. The Bertz CT molecular complexity index is 408. The van der Waals surface area contributed by atoms with Gasteiger partial charge in [-0.25, -0.2) is 4.79 Å². The minimum Gasteiger partial charge on any atom is -0.464 e. The molecule has 0 aliphatic rings. The highest BCUT2D eigenvalue weighted by molar-refractivity contribution is 5.83. The van der Waals surface area contributed by atoms with Gasteiger partial charge in [-0.15, -0.1) is 0 Å². The second-order valence-corrected chi connectivity index (χ2v) is 5.00. The van der Waals surface area contributed by atoms with Gasteiger partial charge in [0.05, 0.1) is 13.2 Å². The second-order valence-electron chi connectivity index (χ2n) is 5.00. The number of likely N-dealkylation sites (N-methyl/N-ethyl adjacent to an activating group) is 1. The van der Waals surface area contributed by atoms with E-state index in [0.717, 1.165) is 24.8 Å². The van der Waals surface area contributed by atoms with E-state index in [9.17, 15) is 4.79 Å². The number of hydrogen-bond acceptors (Lipinski definition) is 4. The average Bonchev–Trinajstić information content (AvgIpc) is 2.52. The standard InChI is InChI=1S/C17H27NO3/c1-4-6-10-13-20-14-17(18-3,16(19)21-5-2)15-11-8-7-9-12-15/h7-9,11-12,18H,4-6,10,13-14H2,1-3H3. The zero-order chi connectivity index (χ0) is 15.6. The van der Waals surface area contributed by atoms with Crippen LogP contribution in [0.25, 0.3) is 0 Å². The van der Waals surface area contributed by atoms with Gasteiger partial charge in [0, 0.05) is 6.61 Å². The first kappa shape index (κ1) is 17.7. The number of benzene rings is 1. The van der Waals surface area contributed by atoms with Gasteiger partial charge in [0.15, 0.2) is 5.54 Å². The smallest absolute Gasteiger partial charge is 0.333 e. The van der Waals surface area contributed by atoms with E-state index in [4.69, 9.17) is 9.47 Å².